The molecule has 35 heavy (non-hydrogen) atoms. The molecular formula is C27H34ClN3O4. The Morgan fingerprint density at radius 3 is 2.37 bits per heavy atom. The van der Waals surface area contributed by atoms with E-state index in [9.17, 15) is 19.5 Å². The number of carbonyl (C=O) groups is 3. The SMILES string of the molecule is CC(C)[C@@H](NC(=O)NCc1ccccc1C(=O)O)C(=O)N1CCC(c2ccc(Cl)cc2)C(C)(C)C1. The molecule has 1 unspecified atom stereocenters. The molecule has 8 heteroatoms. The number of hydrogen-bond donors (Lipinski definition) is 3. The third-order valence-corrected chi connectivity index (χ3v) is 6.97. The molecule has 0 aromatic heterocycles. The molecular weight excluding hydrogens is 466 g/mol. The Kier molecular flexibility index (Phi) is 8.43. The van der Waals surface area contributed by atoms with Gasteiger partial charge in [0.05, 0.1) is 5.56 Å². The van der Waals surface area contributed by atoms with Gasteiger partial charge in [0, 0.05) is 24.7 Å². The zero-order chi connectivity index (χ0) is 25.8. The summed E-state index contributed by atoms with van der Waals surface area (Å²) in [7, 11) is 0. The number of carboxylic acid groups (broad SMARTS) is 1. The van der Waals surface area contributed by atoms with Gasteiger partial charge in [0.1, 0.15) is 6.04 Å². The zero-order valence-corrected chi connectivity index (χ0v) is 21.4. The van der Waals surface area contributed by atoms with Gasteiger partial charge in [-0.25, -0.2) is 9.59 Å². The lowest BCUT2D eigenvalue weighted by Gasteiger charge is -2.45. The summed E-state index contributed by atoms with van der Waals surface area (Å²) < 4.78 is 0. The quantitative estimate of drug-likeness (QED) is 0.504. The molecule has 188 valence electrons. The first-order valence-corrected chi connectivity index (χ1v) is 12.3. The van der Waals surface area contributed by atoms with Gasteiger partial charge in [-0.3, -0.25) is 4.79 Å². The number of hydrogen-bond acceptors (Lipinski definition) is 3. The van der Waals surface area contributed by atoms with Crippen molar-refractivity contribution in [3.8, 4) is 0 Å². The first kappa shape index (κ1) is 26.5. The molecule has 1 heterocycles. The van der Waals surface area contributed by atoms with Crippen molar-refractivity contribution in [2.24, 2.45) is 11.3 Å². The van der Waals surface area contributed by atoms with Crippen LogP contribution in [-0.4, -0.2) is 47.0 Å². The molecule has 1 aliphatic rings. The van der Waals surface area contributed by atoms with Gasteiger partial charge < -0.3 is 20.6 Å². The molecule has 1 fully saturated rings. The molecule has 0 saturated carbocycles. The van der Waals surface area contributed by atoms with Gasteiger partial charge in [-0.15, -0.1) is 0 Å². The lowest BCUT2D eigenvalue weighted by atomic mass is 9.70. The summed E-state index contributed by atoms with van der Waals surface area (Å²) in [5, 5.41) is 15.5. The highest BCUT2D eigenvalue weighted by molar-refractivity contribution is 6.30. The summed E-state index contributed by atoms with van der Waals surface area (Å²) in [5.41, 5.74) is 1.70. The number of nitrogens with zero attached hydrogens (tertiary/aromatic N) is 1. The number of rotatable bonds is 7. The standard InChI is InChI=1S/C27H34ClN3O4/c1-17(2)23(30-26(35)29-15-19-7-5-6-8-21(19)25(33)34)24(32)31-14-13-22(27(3,4)16-31)18-9-11-20(28)12-10-18/h5-12,17,22-23H,13-16H2,1-4H3,(H,33,34)(H2,29,30,35)/t22?,23-/m1/s1. The Morgan fingerprint density at radius 2 is 1.77 bits per heavy atom. The van der Waals surface area contributed by atoms with Crippen molar-refractivity contribution in [3.05, 3.63) is 70.2 Å². The average Bonchev–Trinajstić information content (AvgIpc) is 2.81. The van der Waals surface area contributed by atoms with E-state index in [0.717, 1.165) is 6.42 Å². The van der Waals surface area contributed by atoms with Crippen molar-refractivity contribution in [1.82, 2.24) is 15.5 Å². The fourth-order valence-electron chi connectivity index (χ4n) is 4.82. The number of halogens is 1. The maximum atomic E-state index is 13.5. The van der Waals surface area contributed by atoms with Crippen molar-refractivity contribution in [1.29, 1.82) is 0 Å². The predicted octanol–water partition coefficient (Wildman–Crippen LogP) is 4.90. The third kappa shape index (κ3) is 6.54. The smallest absolute Gasteiger partial charge is 0.336 e. The lowest BCUT2D eigenvalue weighted by Crippen LogP contribution is -2.57. The van der Waals surface area contributed by atoms with Crippen LogP contribution in [0.3, 0.4) is 0 Å². The van der Waals surface area contributed by atoms with Crippen molar-refractivity contribution in [2.45, 2.75) is 52.6 Å². The first-order chi connectivity index (χ1) is 16.5. The minimum absolute atomic E-state index is 0.0484. The molecule has 3 rings (SSSR count). The van der Waals surface area contributed by atoms with Crippen LogP contribution in [0.2, 0.25) is 5.02 Å². The maximum Gasteiger partial charge on any atom is 0.336 e. The van der Waals surface area contributed by atoms with Gasteiger partial charge >= 0.3 is 12.0 Å². The Bertz CT molecular complexity index is 1070. The largest absolute Gasteiger partial charge is 0.478 e. The molecule has 7 nitrogen and oxygen atoms in total. The second kappa shape index (κ2) is 11.1. The summed E-state index contributed by atoms with van der Waals surface area (Å²) in [5.74, 6) is -0.977. The predicted molar refractivity (Wildman–Crippen MR) is 137 cm³/mol. The molecule has 1 aliphatic heterocycles. The molecule has 0 aliphatic carbocycles. The zero-order valence-electron chi connectivity index (χ0n) is 20.7. The van der Waals surface area contributed by atoms with Crippen LogP contribution in [0.25, 0.3) is 0 Å². The highest BCUT2D eigenvalue weighted by atomic mass is 35.5. The number of nitrogens with one attached hydrogen (secondary N) is 2. The van der Waals surface area contributed by atoms with Gasteiger partial charge in [-0.05, 0) is 53.0 Å². The molecule has 2 aromatic carbocycles. The summed E-state index contributed by atoms with van der Waals surface area (Å²) in [6.07, 6.45) is 0.823. The van der Waals surface area contributed by atoms with Crippen molar-refractivity contribution < 1.29 is 19.5 Å². The summed E-state index contributed by atoms with van der Waals surface area (Å²) in [6.45, 7) is 9.35. The Labute approximate surface area is 211 Å². The van der Waals surface area contributed by atoms with Crippen molar-refractivity contribution in [3.63, 3.8) is 0 Å². The minimum atomic E-state index is -1.05. The Hall–Kier alpha value is -3.06. The van der Waals surface area contributed by atoms with Crippen LogP contribution in [0.4, 0.5) is 4.79 Å². The van der Waals surface area contributed by atoms with Gasteiger partial charge in [-0.1, -0.05) is 69.6 Å². The lowest BCUT2D eigenvalue weighted by molar-refractivity contribution is -0.137. The molecule has 0 radical (unpaired) electrons. The number of benzene rings is 2. The fourth-order valence-corrected chi connectivity index (χ4v) is 4.94. The third-order valence-electron chi connectivity index (χ3n) is 6.72. The van der Waals surface area contributed by atoms with E-state index in [4.69, 9.17) is 11.6 Å². The molecule has 0 bridgehead atoms. The summed E-state index contributed by atoms with van der Waals surface area (Å²) in [4.78, 5) is 39.3. The number of amides is 3. The number of aromatic carboxylic acids is 1. The van der Waals surface area contributed by atoms with Crippen LogP contribution in [0.5, 0.6) is 0 Å². The first-order valence-electron chi connectivity index (χ1n) is 11.9. The van der Waals surface area contributed by atoms with E-state index >= 15 is 0 Å². The number of piperidine rings is 1. The van der Waals surface area contributed by atoms with Gasteiger partial charge in [0.25, 0.3) is 0 Å². The van der Waals surface area contributed by atoms with Crippen molar-refractivity contribution in [2.75, 3.05) is 13.1 Å². The summed E-state index contributed by atoms with van der Waals surface area (Å²) >= 11 is 6.05. The van der Waals surface area contributed by atoms with E-state index in [1.165, 1.54) is 11.6 Å². The monoisotopic (exact) mass is 499 g/mol. The van der Waals surface area contributed by atoms with Gasteiger partial charge in [0.2, 0.25) is 5.91 Å². The fraction of sp³-hybridized carbons (Fsp3) is 0.444. The van der Waals surface area contributed by atoms with Crippen LogP contribution in [-0.2, 0) is 11.3 Å². The van der Waals surface area contributed by atoms with E-state index in [1.54, 1.807) is 18.2 Å². The Balaban J connectivity index is 1.64. The van der Waals surface area contributed by atoms with Gasteiger partial charge in [-0.2, -0.15) is 0 Å². The van der Waals surface area contributed by atoms with E-state index in [2.05, 4.69) is 36.6 Å². The average molecular weight is 500 g/mol. The molecule has 2 atom stereocenters. The van der Waals surface area contributed by atoms with Crippen LogP contribution >= 0.6 is 11.6 Å². The number of likely N-dealkylation sites (tertiary alicyclic amines) is 1. The second-order valence-electron chi connectivity index (χ2n) is 10.2. The second-order valence-corrected chi connectivity index (χ2v) is 10.6. The Morgan fingerprint density at radius 1 is 1.11 bits per heavy atom. The number of carbonyl (C=O) groups excluding carboxylic acids is 2. The van der Waals surface area contributed by atoms with Crippen LogP contribution in [0.15, 0.2) is 48.5 Å². The molecule has 0 spiro atoms. The van der Waals surface area contributed by atoms with Crippen LogP contribution in [0, 0.1) is 11.3 Å². The minimum Gasteiger partial charge on any atom is -0.478 e. The van der Waals surface area contributed by atoms with E-state index < -0.39 is 18.0 Å². The van der Waals surface area contributed by atoms with Crippen LogP contribution < -0.4 is 10.6 Å². The van der Waals surface area contributed by atoms with E-state index in [1.807, 2.05) is 30.9 Å². The highest BCUT2D eigenvalue weighted by Crippen LogP contribution is 2.42. The normalized spacial score (nSPS) is 18.1. The molecule has 3 N–H and O–H groups in total. The molecule has 1 saturated heterocycles. The van der Waals surface area contributed by atoms with E-state index in [0.29, 0.717) is 29.6 Å². The van der Waals surface area contributed by atoms with Crippen LogP contribution in [0.1, 0.15) is 61.5 Å². The van der Waals surface area contributed by atoms with E-state index in [-0.39, 0.29) is 29.3 Å². The maximum absolute atomic E-state index is 13.5. The number of urea groups is 1. The topological polar surface area (TPSA) is 98.7 Å². The number of carboxylic acids is 1. The van der Waals surface area contributed by atoms with Gasteiger partial charge in [0.15, 0.2) is 0 Å². The highest BCUT2D eigenvalue weighted by Gasteiger charge is 2.40. The molecule has 2 aromatic rings. The summed E-state index contributed by atoms with van der Waals surface area (Å²) in [6, 6.07) is 13.2. The molecule has 3 amide bonds. The van der Waals surface area contributed by atoms with Crippen molar-refractivity contribution >= 4 is 29.5 Å².